The fourth-order valence-electron chi connectivity index (χ4n) is 1.92. The summed E-state index contributed by atoms with van der Waals surface area (Å²) in [5, 5.41) is 2.89. The Hall–Kier alpha value is -1.31. The highest BCUT2D eigenvalue weighted by Crippen LogP contribution is 2.24. The summed E-state index contributed by atoms with van der Waals surface area (Å²) in [6, 6.07) is 6.33. The van der Waals surface area contributed by atoms with Crippen LogP contribution < -0.4 is 5.32 Å². The molecule has 1 N–H and O–H groups in total. The van der Waals surface area contributed by atoms with Crippen molar-refractivity contribution in [3.63, 3.8) is 0 Å². The number of carbonyl (C=O) groups is 1. The van der Waals surface area contributed by atoms with Gasteiger partial charge in [-0.15, -0.1) is 0 Å². The molecule has 0 aromatic heterocycles. The summed E-state index contributed by atoms with van der Waals surface area (Å²) in [5.74, 6) is 0.132. The normalized spacial score (nSPS) is 14.6. The van der Waals surface area contributed by atoms with Crippen molar-refractivity contribution >= 4 is 11.6 Å². The van der Waals surface area contributed by atoms with Gasteiger partial charge in [-0.05, 0) is 36.5 Å². The van der Waals surface area contributed by atoms with Crippen molar-refractivity contribution in [2.24, 2.45) is 0 Å². The van der Waals surface area contributed by atoms with E-state index in [-0.39, 0.29) is 5.91 Å². The van der Waals surface area contributed by atoms with Crippen LogP contribution in [0.4, 0.5) is 5.69 Å². The molecule has 0 saturated carbocycles. The maximum Gasteiger partial charge on any atom is 0.224 e. The monoisotopic (exact) mass is 202 g/mol. The topological polar surface area (TPSA) is 29.1 Å². The molecule has 2 heteroatoms. The van der Waals surface area contributed by atoms with E-state index in [4.69, 9.17) is 0 Å². The third-order valence-electron chi connectivity index (χ3n) is 2.78. The lowest BCUT2D eigenvalue weighted by Gasteiger charge is -2.17. The number of amides is 1. The fourth-order valence-corrected chi connectivity index (χ4v) is 1.92. The van der Waals surface area contributed by atoms with Gasteiger partial charge in [0.25, 0.3) is 0 Å². The van der Waals surface area contributed by atoms with E-state index >= 15 is 0 Å². The summed E-state index contributed by atoms with van der Waals surface area (Å²) < 4.78 is 0. The number of aryl methyl sites for hydroxylation is 2. The van der Waals surface area contributed by atoms with Gasteiger partial charge in [-0.1, -0.05) is 25.5 Å². The van der Waals surface area contributed by atoms with E-state index in [1.54, 1.807) is 0 Å². The summed E-state index contributed by atoms with van der Waals surface area (Å²) in [5.41, 5.74) is 3.62. The van der Waals surface area contributed by atoms with Gasteiger partial charge in [0.1, 0.15) is 0 Å². The molecule has 2 nitrogen and oxygen atoms in total. The largest absolute Gasteiger partial charge is 0.326 e. The highest BCUT2D eigenvalue weighted by molar-refractivity contribution is 5.93. The number of benzene rings is 1. The molecule has 1 radical (unpaired) electrons. The Balaban J connectivity index is 2.15. The summed E-state index contributed by atoms with van der Waals surface area (Å²) in [7, 11) is 0. The SMILES string of the molecule is [CH2]CCCc1ccc2c(c1)CCC(=O)N2. The van der Waals surface area contributed by atoms with Crippen LogP contribution >= 0.6 is 0 Å². The van der Waals surface area contributed by atoms with Crippen LogP contribution in [0.25, 0.3) is 0 Å². The number of hydrogen-bond acceptors (Lipinski definition) is 1. The van der Waals surface area contributed by atoms with Crippen molar-refractivity contribution in [1.82, 2.24) is 0 Å². The molecule has 1 heterocycles. The fraction of sp³-hybridized carbons (Fsp3) is 0.385. The maximum atomic E-state index is 11.2. The van der Waals surface area contributed by atoms with Gasteiger partial charge in [-0.3, -0.25) is 4.79 Å². The van der Waals surface area contributed by atoms with E-state index in [0.29, 0.717) is 6.42 Å². The van der Waals surface area contributed by atoms with Gasteiger partial charge in [-0.2, -0.15) is 0 Å². The summed E-state index contributed by atoms with van der Waals surface area (Å²) in [4.78, 5) is 11.2. The van der Waals surface area contributed by atoms with Crippen molar-refractivity contribution in [2.75, 3.05) is 5.32 Å². The van der Waals surface area contributed by atoms with E-state index in [1.165, 1.54) is 11.1 Å². The number of rotatable bonds is 3. The third kappa shape index (κ3) is 2.38. The summed E-state index contributed by atoms with van der Waals surface area (Å²) >= 11 is 0. The Morgan fingerprint density at radius 1 is 1.33 bits per heavy atom. The zero-order chi connectivity index (χ0) is 10.7. The number of anilines is 1. The van der Waals surface area contributed by atoms with E-state index in [9.17, 15) is 4.79 Å². The van der Waals surface area contributed by atoms with Crippen molar-refractivity contribution in [3.05, 3.63) is 36.2 Å². The first kappa shape index (κ1) is 10.2. The lowest BCUT2D eigenvalue weighted by atomic mass is 9.98. The molecule has 0 unspecified atom stereocenters. The van der Waals surface area contributed by atoms with Crippen molar-refractivity contribution in [3.8, 4) is 0 Å². The molecule has 0 atom stereocenters. The van der Waals surface area contributed by atoms with Crippen LogP contribution in [-0.2, 0) is 17.6 Å². The molecule has 1 aliphatic rings. The summed E-state index contributed by atoms with van der Waals surface area (Å²) in [6.45, 7) is 3.84. The van der Waals surface area contributed by atoms with Crippen LogP contribution in [0.15, 0.2) is 18.2 Å². The first-order chi connectivity index (χ1) is 7.29. The molecule has 79 valence electrons. The van der Waals surface area contributed by atoms with E-state index in [0.717, 1.165) is 31.4 Å². The van der Waals surface area contributed by atoms with Crippen LogP contribution in [0.5, 0.6) is 0 Å². The molecule has 0 fully saturated rings. The van der Waals surface area contributed by atoms with Crippen LogP contribution in [0.3, 0.4) is 0 Å². The molecule has 1 aliphatic heterocycles. The maximum absolute atomic E-state index is 11.2. The molecule has 0 spiro atoms. The lowest BCUT2D eigenvalue weighted by molar-refractivity contribution is -0.116. The van der Waals surface area contributed by atoms with Gasteiger partial charge >= 0.3 is 0 Å². The first-order valence-electron chi connectivity index (χ1n) is 5.50. The van der Waals surface area contributed by atoms with Gasteiger partial charge in [0.15, 0.2) is 0 Å². The summed E-state index contributed by atoms with van der Waals surface area (Å²) in [6.07, 6.45) is 4.69. The smallest absolute Gasteiger partial charge is 0.224 e. The molecule has 15 heavy (non-hydrogen) atoms. The van der Waals surface area contributed by atoms with E-state index in [2.05, 4.69) is 24.4 Å². The lowest BCUT2D eigenvalue weighted by Crippen LogP contribution is -2.18. The van der Waals surface area contributed by atoms with Gasteiger partial charge in [0.2, 0.25) is 5.91 Å². The second-order valence-corrected chi connectivity index (χ2v) is 4.00. The third-order valence-corrected chi connectivity index (χ3v) is 2.78. The second kappa shape index (κ2) is 4.47. The molecule has 1 amide bonds. The van der Waals surface area contributed by atoms with Crippen molar-refractivity contribution in [2.45, 2.75) is 32.1 Å². The first-order valence-corrected chi connectivity index (χ1v) is 5.50. The molecule has 0 saturated heterocycles. The number of unbranched alkanes of at least 4 members (excludes halogenated alkanes) is 1. The van der Waals surface area contributed by atoms with Gasteiger partial charge in [0.05, 0.1) is 0 Å². The predicted molar refractivity (Wildman–Crippen MR) is 61.7 cm³/mol. The average Bonchev–Trinajstić information content (AvgIpc) is 2.26. The Morgan fingerprint density at radius 2 is 2.20 bits per heavy atom. The standard InChI is InChI=1S/C13H16NO/c1-2-3-4-10-5-7-12-11(9-10)6-8-13(15)14-12/h5,7,9H,1-4,6,8H2,(H,14,15). The molecular formula is C13H16NO. The van der Waals surface area contributed by atoms with Gasteiger partial charge in [-0.25, -0.2) is 0 Å². The zero-order valence-corrected chi connectivity index (χ0v) is 8.88. The van der Waals surface area contributed by atoms with Crippen molar-refractivity contribution < 1.29 is 4.79 Å². The van der Waals surface area contributed by atoms with Crippen LogP contribution in [-0.4, -0.2) is 5.91 Å². The minimum Gasteiger partial charge on any atom is -0.326 e. The van der Waals surface area contributed by atoms with E-state index < -0.39 is 0 Å². The Morgan fingerprint density at radius 3 is 3.00 bits per heavy atom. The Kier molecular flexibility index (Phi) is 3.05. The van der Waals surface area contributed by atoms with Crippen LogP contribution in [0, 0.1) is 6.92 Å². The number of fused-ring (bicyclic) bond motifs is 1. The van der Waals surface area contributed by atoms with Gasteiger partial charge < -0.3 is 5.32 Å². The zero-order valence-electron chi connectivity index (χ0n) is 8.88. The van der Waals surface area contributed by atoms with Crippen LogP contribution in [0.1, 0.15) is 30.4 Å². The number of hydrogen-bond donors (Lipinski definition) is 1. The molecule has 1 aromatic carbocycles. The molecule has 1 aromatic rings. The predicted octanol–water partition coefficient (Wildman–Crippen LogP) is 2.73. The van der Waals surface area contributed by atoms with Crippen LogP contribution in [0.2, 0.25) is 0 Å². The molecule has 2 rings (SSSR count). The highest BCUT2D eigenvalue weighted by Gasteiger charge is 2.14. The highest BCUT2D eigenvalue weighted by atomic mass is 16.1. The van der Waals surface area contributed by atoms with Crippen molar-refractivity contribution in [1.29, 1.82) is 0 Å². The average molecular weight is 202 g/mol. The van der Waals surface area contributed by atoms with Gasteiger partial charge in [0, 0.05) is 12.1 Å². The minimum absolute atomic E-state index is 0.132. The minimum atomic E-state index is 0.132. The molecule has 0 bridgehead atoms. The molecular weight excluding hydrogens is 186 g/mol. The Bertz CT molecular complexity index is 371. The quantitative estimate of drug-likeness (QED) is 0.802. The number of nitrogens with one attached hydrogen (secondary N) is 1. The van der Waals surface area contributed by atoms with E-state index in [1.807, 2.05) is 6.07 Å². The second-order valence-electron chi connectivity index (χ2n) is 4.00. The number of carbonyl (C=O) groups excluding carboxylic acids is 1. The molecule has 0 aliphatic carbocycles. The Labute approximate surface area is 90.7 Å².